The van der Waals surface area contributed by atoms with E-state index in [-0.39, 0.29) is 65.0 Å². The fraction of sp³-hybridized carbons (Fsp3) is 0.800. The number of nitrogens with one attached hydrogen (secondary N) is 2. The Morgan fingerprint density at radius 2 is 1.65 bits per heavy atom. The maximum Gasteiger partial charge on any atom is 0.399 e. The van der Waals surface area contributed by atoms with E-state index in [0.717, 1.165) is 0 Å². The predicted molar refractivity (Wildman–Crippen MR) is 178 cm³/mol. The molecule has 262 valence electrons. The number of carbonyl (C=O) groups is 5. The number of likely N-dealkylation sites (N-methyl/N-ethyl adjacent to an activating group) is 3. The van der Waals surface area contributed by atoms with E-state index in [4.69, 9.17) is 26.4 Å². The minimum atomic E-state index is -1.02. The Balaban J connectivity index is 1.73. The third-order valence-corrected chi connectivity index (χ3v) is 9.23. The van der Waals surface area contributed by atoms with Gasteiger partial charge in [0.25, 0.3) is 0 Å². The van der Waals surface area contributed by atoms with Gasteiger partial charge in [-0.2, -0.15) is 0 Å². The summed E-state index contributed by atoms with van der Waals surface area (Å²) in [5.41, 5.74) is -0.696. The quantitative estimate of drug-likeness (QED) is 0.103. The lowest BCUT2D eigenvalue weighted by Crippen LogP contribution is -2.55. The van der Waals surface area contributed by atoms with Gasteiger partial charge in [-0.15, -0.1) is 0 Å². The fourth-order valence-electron chi connectivity index (χ4n) is 4.56. The molecule has 2 saturated heterocycles. The number of thioether (sulfide) groups is 1. The van der Waals surface area contributed by atoms with E-state index in [1.807, 2.05) is 53.5 Å². The van der Waals surface area contributed by atoms with Gasteiger partial charge in [0.1, 0.15) is 10.9 Å². The second-order valence-corrected chi connectivity index (χ2v) is 15.4. The average Bonchev–Trinajstić information content (AvgIpc) is 3.43. The Morgan fingerprint density at radius 1 is 1.04 bits per heavy atom. The number of rotatable bonds is 20. The van der Waals surface area contributed by atoms with Crippen LogP contribution in [-0.4, -0.2) is 158 Å². The number of quaternary nitrogens is 1. The van der Waals surface area contributed by atoms with Crippen LogP contribution in [0.5, 0.6) is 0 Å². The highest BCUT2D eigenvalue weighted by atomic mass is 32.2. The zero-order chi connectivity index (χ0) is 34.7. The molecule has 0 radical (unpaired) electrons. The van der Waals surface area contributed by atoms with Gasteiger partial charge in [-0.1, -0.05) is 65.5 Å². The molecule has 2 aliphatic rings. The van der Waals surface area contributed by atoms with Crippen molar-refractivity contribution in [3.63, 3.8) is 0 Å². The Kier molecular flexibility index (Phi) is 15.3. The first-order valence-electron chi connectivity index (χ1n) is 15.6. The maximum absolute atomic E-state index is 12.8. The molecule has 0 saturated carbocycles. The van der Waals surface area contributed by atoms with Crippen LogP contribution >= 0.6 is 24.0 Å². The van der Waals surface area contributed by atoms with Crippen LogP contribution < -0.4 is 10.6 Å². The van der Waals surface area contributed by atoms with Crippen molar-refractivity contribution in [1.82, 2.24) is 25.3 Å². The van der Waals surface area contributed by atoms with Crippen molar-refractivity contribution in [1.29, 1.82) is 0 Å². The van der Waals surface area contributed by atoms with Crippen molar-refractivity contribution >= 4 is 58.0 Å². The van der Waals surface area contributed by atoms with Gasteiger partial charge >= 0.3 is 18.4 Å². The monoisotopic (exact) mass is 689 g/mol. The van der Waals surface area contributed by atoms with Crippen LogP contribution in [0.4, 0.5) is 0 Å². The molecule has 0 aromatic rings. The van der Waals surface area contributed by atoms with Crippen molar-refractivity contribution in [2.45, 2.75) is 48.0 Å². The highest BCUT2D eigenvalue weighted by Crippen LogP contribution is 2.22. The second kappa shape index (κ2) is 17.7. The first-order valence-corrected chi connectivity index (χ1v) is 17.0. The molecule has 16 heteroatoms. The van der Waals surface area contributed by atoms with E-state index in [9.17, 15) is 24.0 Å². The summed E-state index contributed by atoms with van der Waals surface area (Å²) in [5.74, 6) is -1.17. The Bertz CT molecular complexity index is 1110. The van der Waals surface area contributed by atoms with Crippen LogP contribution in [0.1, 0.15) is 41.5 Å². The molecular weight excluding hydrogens is 636 g/mol. The van der Waals surface area contributed by atoms with Gasteiger partial charge in [-0.3, -0.25) is 33.9 Å². The summed E-state index contributed by atoms with van der Waals surface area (Å²) in [5, 5.41) is 5.86. The molecule has 0 aromatic heterocycles. The summed E-state index contributed by atoms with van der Waals surface area (Å²) in [6.45, 7) is 15.9. The van der Waals surface area contributed by atoms with Crippen molar-refractivity contribution in [2.75, 3.05) is 98.5 Å². The lowest BCUT2D eigenvalue weighted by atomic mass is 9.93. The number of cyclic esters (lactones) is 1. The molecule has 1 unspecified atom stereocenters. The maximum atomic E-state index is 12.8. The number of thiocarbonyl (C=S) groups is 1. The smallest absolute Gasteiger partial charge is 0.380 e. The summed E-state index contributed by atoms with van der Waals surface area (Å²) in [7, 11) is 3.61. The summed E-state index contributed by atoms with van der Waals surface area (Å²) < 4.78 is 17.3. The van der Waals surface area contributed by atoms with Crippen LogP contribution in [-0.2, 0) is 38.2 Å². The van der Waals surface area contributed by atoms with E-state index in [0.29, 0.717) is 56.8 Å². The van der Waals surface area contributed by atoms with Gasteiger partial charge in [0.15, 0.2) is 6.54 Å². The summed E-state index contributed by atoms with van der Waals surface area (Å²) in [6.07, 6.45) is -1.02. The molecule has 2 rings (SSSR count). The van der Waals surface area contributed by atoms with Crippen LogP contribution in [0.15, 0.2) is 0 Å². The number of amides is 3. The van der Waals surface area contributed by atoms with Crippen molar-refractivity contribution in [3.8, 4) is 0 Å². The number of ether oxygens (including phenoxy) is 3. The van der Waals surface area contributed by atoms with Gasteiger partial charge in [0.2, 0.25) is 17.7 Å². The highest BCUT2D eigenvalue weighted by Gasteiger charge is 2.48. The molecule has 46 heavy (non-hydrogen) atoms. The number of hydrogen-bond acceptors (Lipinski definition) is 12. The minimum Gasteiger partial charge on any atom is -0.380 e. The van der Waals surface area contributed by atoms with Gasteiger partial charge in [-0.05, 0) is 20.1 Å². The lowest BCUT2D eigenvalue weighted by Gasteiger charge is -2.33. The molecule has 2 aliphatic heterocycles. The Hall–Kier alpha value is -2.37. The van der Waals surface area contributed by atoms with E-state index < -0.39 is 18.4 Å². The Morgan fingerprint density at radius 3 is 2.20 bits per heavy atom. The summed E-state index contributed by atoms with van der Waals surface area (Å²) >= 11 is 6.39. The van der Waals surface area contributed by atoms with Crippen LogP contribution in [0.25, 0.3) is 0 Å². The minimum absolute atomic E-state index is 0.0795. The summed E-state index contributed by atoms with van der Waals surface area (Å²) in [4.78, 5) is 66.6. The van der Waals surface area contributed by atoms with Crippen LogP contribution in [0, 0.1) is 10.8 Å². The molecule has 2 heterocycles. The van der Waals surface area contributed by atoms with Gasteiger partial charge in [0.05, 0.1) is 45.6 Å². The lowest BCUT2D eigenvalue weighted by molar-refractivity contribution is -0.952. The molecule has 2 N–H and O–H groups in total. The first kappa shape index (κ1) is 39.8. The van der Waals surface area contributed by atoms with Crippen molar-refractivity contribution in [2.24, 2.45) is 10.8 Å². The molecular formula is C30H53N6O8S2+. The molecule has 2 atom stereocenters. The van der Waals surface area contributed by atoms with E-state index in [2.05, 4.69) is 10.6 Å². The number of carbonyl (C=O) groups excluding carboxylic acids is 5. The normalized spacial score (nSPS) is 20.4. The topological polar surface area (TPSA) is 147 Å². The fourth-order valence-corrected chi connectivity index (χ4v) is 5.62. The van der Waals surface area contributed by atoms with Crippen LogP contribution in [0.2, 0.25) is 0 Å². The standard InChI is InChI=1S/C30H52N6O8S2/c1-9-33(7)15-25(40)43-28-36(8,16-26(41)44-28)12-11-34(10-2)13-22(37)31-18-29(3,4)20-42-21-30(5,6)19-32-23(38)14-35-24(39)17-46-27(35)45/h28H,9-21H2,1-8H3,(H-,31,32,37,38)/p+1/t28-,36?/m0/s1. The predicted octanol–water partition coefficient (Wildman–Crippen LogP) is 0.252. The third-order valence-electron chi connectivity index (χ3n) is 7.80. The molecule has 14 nitrogen and oxygen atoms in total. The molecule has 2 fully saturated rings. The van der Waals surface area contributed by atoms with Gasteiger partial charge < -0.3 is 24.8 Å². The molecule has 0 aliphatic carbocycles. The second-order valence-electron chi connectivity index (χ2n) is 13.8. The first-order chi connectivity index (χ1) is 21.4. The number of esters is 2. The van der Waals surface area contributed by atoms with Gasteiger partial charge in [0, 0.05) is 30.5 Å². The number of hydrogen-bond donors (Lipinski definition) is 2. The highest BCUT2D eigenvalue weighted by molar-refractivity contribution is 8.23. The molecule has 0 bridgehead atoms. The number of nitrogens with zero attached hydrogens (tertiary/aromatic N) is 4. The Labute approximate surface area is 282 Å². The molecule has 0 aromatic carbocycles. The average molecular weight is 690 g/mol. The van der Waals surface area contributed by atoms with Gasteiger partial charge in [-0.25, -0.2) is 9.28 Å². The van der Waals surface area contributed by atoms with Crippen molar-refractivity contribution < 1.29 is 42.7 Å². The van der Waals surface area contributed by atoms with Crippen LogP contribution in [0.3, 0.4) is 0 Å². The zero-order valence-electron chi connectivity index (χ0n) is 28.6. The SMILES string of the molecule is CCN(C)CC(=O)O[C@H]1OC(=O)C[N+]1(C)CCN(CC)CC(=O)NCC(C)(C)COCC(C)(C)CNC(=O)CN1C(=O)CSC1=S. The molecule has 3 amide bonds. The van der Waals surface area contributed by atoms with E-state index in [1.165, 1.54) is 16.7 Å². The largest absolute Gasteiger partial charge is 0.399 e. The third kappa shape index (κ3) is 13.4. The zero-order valence-corrected chi connectivity index (χ0v) is 30.3. The van der Waals surface area contributed by atoms with E-state index >= 15 is 0 Å². The summed E-state index contributed by atoms with van der Waals surface area (Å²) in [6, 6.07) is 0. The molecule has 0 spiro atoms. The van der Waals surface area contributed by atoms with Crippen molar-refractivity contribution in [3.05, 3.63) is 0 Å². The van der Waals surface area contributed by atoms with E-state index in [1.54, 1.807) is 11.9 Å².